The first-order valence-corrected chi connectivity index (χ1v) is 8.61. The molecule has 1 atom stereocenters. The monoisotopic (exact) mass is 342 g/mol. The molecular formula is C24H22O2. The Balaban J connectivity index is 2.05. The van der Waals surface area contributed by atoms with Crippen LogP contribution in [0.1, 0.15) is 33.9 Å². The predicted octanol–water partition coefficient (Wildman–Crippen LogP) is 4.28. The molecule has 0 spiro atoms. The van der Waals surface area contributed by atoms with Crippen molar-refractivity contribution in [3.8, 4) is 11.8 Å². The van der Waals surface area contributed by atoms with Gasteiger partial charge < -0.3 is 10.2 Å². The van der Waals surface area contributed by atoms with Crippen LogP contribution in [-0.2, 0) is 5.60 Å². The second-order valence-electron chi connectivity index (χ2n) is 6.53. The van der Waals surface area contributed by atoms with Crippen molar-refractivity contribution in [2.24, 2.45) is 0 Å². The number of aliphatic hydroxyl groups is 2. The summed E-state index contributed by atoms with van der Waals surface area (Å²) in [6.07, 6.45) is -0.960. The molecule has 0 heterocycles. The van der Waals surface area contributed by atoms with E-state index in [0.717, 1.165) is 11.1 Å². The normalized spacial score (nSPS) is 12.2. The highest BCUT2D eigenvalue weighted by Crippen LogP contribution is 2.30. The van der Waals surface area contributed by atoms with Gasteiger partial charge in [0.15, 0.2) is 5.60 Å². The molecule has 1 unspecified atom stereocenters. The SMILES string of the molecule is Cc1ccc(C(O)(C#CC(O)c2ccccc2)c2ccc(C)cc2)cc1. The maximum absolute atomic E-state index is 11.4. The molecule has 0 radical (unpaired) electrons. The lowest BCUT2D eigenvalue weighted by atomic mass is 9.86. The first-order chi connectivity index (χ1) is 12.5. The van der Waals surface area contributed by atoms with Gasteiger partial charge in [0.2, 0.25) is 0 Å². The second-order valence-corrected chi connectivity index (χ2v) is 6.53. The molecule has 2 N–H and O–H groups in total. The molecule has 0 bridgehead atoms. The Morgan fingerprint density at radius 2 is 1.19 bits per heavy atom. The topological polar surface area (TPSA) is 40.5 Å². The van der Waals surface area contributed by atoms with Crippen molar-refractivity contribution < 1.29 is 10.2 Å². The minimum atomic E-state index is -1.49. The van der Waals surface area contributed by atoms with E-state index in [1.165, 1.54) is 0 Å². The molecule has 0 aliphatic heterocycles. The lowest BCUT2D eigenvalue weighted by molar-refractivity contribution is 0.144. The van der Waals surface area contributed by atoms with Crippen LogP contribution in [-0.4, -0.2) is 10.2 Å². The van der Waals surface area contributed by atoms with Crippen LogP contribution in [0.4, 0.5) is 0 Å². The number of benzene rings is 3. The zero-order valence-electron chi connectivity index (χ0n) is 15.0. The van der Waals surface area contributed by atoms with Crippen LogP contribution in [0.25, 0.3) is 0 Å². The van der Waals surface area contributed by atoms with Crippen molar-refractivity contribution in [1.29, 1.82) is 0 Å². The van der Waals surface area contributed by atoms with Gasteiger partial charge in [0, 0.05) is 11.1 Å². The Labute approximate surface area is 154 Å². The van der Waals surface area contributed by atoms with Crippen molar-refractivity contribution in [3.63, 3.8) is 0 Å². The van der Waals surface area contributed by atoms with Gasteiger partial charge in [0.1, 0.15) is 6.10 Å². The molecule has 0 aliphatic carbocycles. The fraction of sp³-hybridized carbons (Fsp3) is 0.167. The predicted molar refractivity (Wildman–Crippen MR) is 105 cm³/mol. The van der Waals surface area contributed by atoms with E-state index in [-0.39, 0.29) is 0 Å². The number of rotatable bonds is 3. The molecule has 0 fully saturated rings. The van der Waals surface area contributed by atoms with Crippen molar-refractivity contribution in [1.82, 2.24) is 0 Å². The quantitative estimate of drug-likeness (QED) is 0.698. The van der Waals surface area contributed by atoms with E-state index in [9.17, 15) is 10.2 Å². The molecule has 3 aromatic rings. The zero-order valence-corrected chi connectivity index (χ0v) is 15.0. The van der Waals surface area contributed by atoms with Crippen LogP contribution in [0.3, 0.4) is 0 Å². The summed E-state index contributed by atoms with van der Waals surface area (Å²) in [5.41, 5.74) is 2.79. The van der Waals surface area contributed by atoms with Gasteiger partial charge in [-0.15, -0.1) is 0 Å². The summed E-state index contributed by atoms with van der Waals surface area (Å²) in [6, 6.07) is 24.5. The highest BCUT2D eigenvalue weighted by atomic mass is 16.3. The average molecular weight is 342 g/mol. The highest BCUT2D eigenvalue weighted by Gasteiger charge is 2.29. The summed E-state index contributed by atoms with van der Waals surface area (Å²) in [4.78, 5) is 0. The van der Waals surface area contributed by atoms with E-state index < -0.39 is 11.7 Å². The van der Waals surface area contributed by atoms with Gasteiger partial charge in [-0.25, -0.2) is 0 Å². The Morgan fingerprint density at radius 3 is 1.65 bits per heavy atom. The van der Waals surface area contributed by atoms with E-state index >= 15 is 0 Å². The van der Waals surface area contributed by atoms with Crippen molar-refractivity contribution in [2.45, 2.75) is 25.6 Å². The summed E-state index contributed by atoms with van der Waals surface area (Å²) < 4.78 is 0. The molecule has 0 saturated heterocycles. The van der Waals surface area contributed by atoms with Crippen LogP contribution in [0, 0.1) is 25.7 Å². The largest absolute Gasteiger partial charge is 0.376 e. The van der Waals surface area contributed by atoms with Gasteiger partial charge >= 0.3 is 0 Å². The smallest absolute Gasteiger partial charge is 0.176 e. The van der Waals surface area contributed by atoms with Crippen molar-refractivity contribution in [2.75, 3.05) is 0 Å². The second kappa shape index (κ2) is 7.58. The van der Waals surface area contributed by atoms with Crippen LogP contribution >= 0.6 is 0 Å². The van der Waals surface area contributed by atoms with E-state index in [0.29, 0.717) is 16.7 Å². The molecule has 3 aromatic carbocycles. The Hall–Kier alpha value is -2.86. The maximum Gasteiger partial charge on any atom is 0.176 e. The summed E-state index contributed by atoms with van der Waals surface area (Å²) >= 11 is 0. The first kappa shape index (κ1) is 17.9. The lowest BCUT2D eigenvalue weighted by Gasteiger charge is -2.24. The third-order valence-electron chi connectivity index (χ3n) is 4.44. The summed E-state index contributed by atoms with van der Waals surface area (Å²) in [5.74, 6) is 5.74. The molecule has 2 heteroatoms. The van der Waals surface area contributed by atoms with Crippen LogP contribution in [0.5, 0.6) is 0 Å². The summed E-state index contributed by atoms with van der Waals surface area (Å²) in [7, 11) is 0. The van der Waals surface area contributed by atoms with E-state index in [1.807, 2.05) is 92.7 Å². The van der Waals surface area contributed by atoms with Gasteiger partial charge in [-0.1, -0.05) is 102 Å². The standard InChI is InChI=1S/C24H22O2/c1-18-8-12-21(13-9-18)24(26,22-14-10-19(2)11-15-22)17-16-23(25)20-6-4-3-5-7-20/h3-15,23,25-26H,1-2H3. The average Bonchev–Trinajstić information content (AvgIpc) is 2.67. The molecule has 0 aromatic heterocycles. The fourth-order valence-corrected chi connectivity index (χ4v) is 2.79. The molecule has 0 saturated carbocycles. The van der Waals surface area contributed by atoms with Crippen LogP contribution in [0.2, 0.25) is 0 Å². The minimum Gasteiger partial charge on any atom is -0.376 e. The van der Waals surface area contributed by atoms with Gasteiger partial charge in [0.05, 0.1) is 0 Å². The maximum atomic E-state index is 11.4. The summed E-state index contributed by atoms with van der Waals surface area (Å²) in [5, 5.41) is 21.8. The molecular weight excluding hydrogens is 320 g/mol. The molecule has 26 heavy (non-hydrogen) atoms. The highest BCUT2D eigenvalue weighted by molar-refractivity contribution is 5.46. The summed E-state index contributed by atoms with van der Waals surface area (Å²) in [6.45, 7) is 4.00. The Kier molecular flexibility index (Phi) is 5.23. The van der Waals surface area contributed by atoms with E-state index in [2.05, 4.69) is 11.8 Å². The van der Waals surface area contributed by atoms with Crippen molar-refractivity contribution in [3.05, 3.63) is 107 Å². The number of hydrogen-bond donors (Lipinski definition) is 2. The van der Waals surface area contributed by atoms with Gasteiger partial charge in [0.25, 0.3) is 0 Å². The van der Waals surface area contributed by atoms with E-state index in [1.54, 1.807) is 0 Å². The van der Waals surface area contributed by atoms with Gasteiger partial charge in [-0.2, -0.15) is 0 Å². The van der Waals surface area contributed by atoms with Crippen molar-refractivity contribution >= 4 is 0 Å². The molecule has 0 aliphatic rings. The molecule has 2 nitrogen and oxygen atoms in total. The van der Waals surface area contributed by atoms with Crippen LogP contribution < -0.4 is 0 Å². The van der Waals surface area contributed by atoms with Crippen LogP contribution in [0.15, 0.2) is 78.9 Å². The third-order valence-corrected chi connectivity index (χ3v) is 4.44. The third kappa shape index (κ3) is 3.86. The Morgan fingerprint density at radius 1 is 0.731 bits per heavy atom. The fourth-order valence-electron chi connectivity index (χ4n) is 2.79. The lowest BCUT2D eigenvalue weighted by Crippen LogP contribution is -2.25. The van der Waals surface area contributed by atoms with Gasteiger partial charge in [-0.05, 0) is 19.4 Å². The molecule has 0 amide bonds. The number of aliphatic hydroxyl groups excluding tert-OH is 1. The molecule has 130 valence electrons. The van der Waals surface area contributed by atoms with Gasteiger partial charge in [-0.3, -0.25) is 0 Å². The number of hydrogen-bond acceptors (Lipinski definition) is 2. The Bertz CT molecular complexity index is 868. The minimum absolute atomic E-state index is 0.680. The van der Waals surface area contributed by atoms with E-state index in [4.69, 9.17) is 0 Å². The first-order valence-electron chi connectivity index (χ1n) is 8.61. The zero-order chi connectivity index (χ0) is 18.6. The number of aryl methyl sites for hydroxylation is 2. The molecule has 3 rings (SSSR count).